The number of piperidine rings is 2. The number of rotatable bonds is 35. The molecule has 2 atom stereocenters. The van der Waals surface area contributed by atoms with Crippen molar-refractivity contribution < 1.29 is 68.2 Å². The number of imide groups is 2. The minimum atomic E-state index is -1.00. The predicted octanol–water partition coefficient (Wildman–Crippen LogP) is 10.2. The topological polar surface area (TPSA) is 323 Å². The van der Waals surface area contributed by atoms with E-state index in [4.69, 9.17) is 31.2 Å². The number of carboxylic acids is 1. The molecule has 618 valence electrons. The highest BCUT2D eigenvalue weighted by Gasteiger charge is 2.41. The molecule has 4 aromatic heterocycles. The number of carbonyl (C=O) groups excluding carboxylic acids is 7. The summed E-state index contributed by atoms with van der Waals surface area (Å²) in [5.74, 6) is 0.0373. The molecule has 2 fully saturated rings. The number of aliphatic carboxylic acids is 1. The summed E-state index contributed by atoms with van der Waals surface area (Å²) in [6, 6.07) is 22.1. The lowest BCUT2D eigenvalue weighted by atomic mass is 9.98. The van der Waals surface area contributed by atoms with Gasteiger partial charge in [0.15, 0.2) is 0 Å². The second-order valence-electron chi connectivity index (χ2n) is 30.0. The van der Waals surface area contributed by atoms with Gasteiger partial charge in [-0.2, -0.15) is 0 Å². The van der Waals surface area contributed by atoms with Crippen molar-refractivity contribution in [1.82, 2.24) is 53.8 Å². The molecule has 2 unspecified atom stereocenters. The fraction of sp³-hybridized carbons (Fsp3) is 0.471. The van der Waals surface area contributed by atoms with Gasteiger partial charge in [-0.1, -0.05) is 88.5 Å². The van der Waals surface area contributed by atoms with E-state index in [0.717, 1.165) is 138 Å². The Balaban J connectivity index is 0.000000215. The Morgan fingerprint density at radius 1 is 0.539 bits per heavy atom. The number of nitrogens with zero attached hydrogens (tertiary/aromatic N) is 8. The molecule has 8 aromatic rings. The second-order valence-corrected chi connectivity index (χ2v) is 30.0. The maximum Gasteiger partial charge on any atom is 0.317 e. The normalized spacial score (nSPS) is 15.2. The number of hydrogen-bond donors (Lipinski definition) is 5. The van der Waals surface area contributed by atoms with E-state index in [1.165, 1.54) is 37.7 Å². The summed E-state index contributed by atoms with van der Waals surface area (Å²) in [5.41, 5.74) is 17.5. The Labute approximate surface area is 672 Å². The lowest BCUT2D eigenvalue weighted by molar-refractivity contribution is -0.139. The van der Waals surface area contributed by atoms with Crippen LogP contribution in [0.1, 0.15) is 171 Å². The summed E-state index contributed by atoms with van der Waals surface area (Å²) in [7, 11) is 16.2. The van der Waals surface area contributed by atoms with Gasteiger partial charge in [-0.3, -0.25) is 72.8 Å². The Hall–Kier alpha value is -11.0. The zero-order valence-corrected chi connectivity index (χ0v) is 68.1. The number of aryl methyl sites for hydroxylation is 6. The number of hydrogen-bond acceptors (Lipinski definition) is 17. The van der Waals surface area contributed by atoms with E-state index < -0.39 is 25.2 Å². The van der Waals surface area contributed by atoms with Gasteiger partial charge in [-0.05, 0) is 154 Å². The van der Waals surface area contributed by atoms with Crippen molar-refractivity contribution >= 4 is 69.1 Å². The first-order valence-corrected chi connectivity index (χ1v) is 39.5. The molecule has 4 aliphatic heterocycles. The van der Waals surface area contributed by atoms with Crippen molar-refractivity contribution in [2.75, 3.05) is 75.9 Å². The van der Waals surface area contributed by atoms with Crippen LogP contribution in [0.5, 0.6) is 23.0 Å². The Morgan fingerprint density at radius 2 is 0.913 bits per heavy atom. The van der Waals surface area contributed by atoms with Crippen LogP contribution in [-0.4, -0.2) is 178 Å². The first-order chi connectivity index (χ1) is 55.8. The maximum atomic E-state index is 13.1. The number of pyridine rings is 2. The molecule has 2 saturated heterocycles. The number of ether oxygens (including phenoxy) is 4. The molecule has 6 N–H and O–H groups in total. The number of nitrogens with one attached hydrogen (secondary N) is 3. The van der Waals surface area contributed by atoms with E-state index >= 15 is 0 Å². The van der Waals surface area contributed by atoms with Gasteiger partial charge < -0.3 is 63.2 Å². The fourth-order valence-electron chi connectivity index (χ4n) is 15.9. The Bertz CT molecular complexity index is 4920. The smallest absolute Gasteiger partial charge is 0.317 e. The van der Waals surface area contributed by atoms with Gasteiger partial charge in [0.2, 0.25) is 29.5 Å². The monoisotopic (exact) mass is 1590 g/mol. The number of fused-ring (bicyclic) bond motifs is 4. The average molecular weight is 1590 g/mol. The van der Waals surface area contributed by atoms with Gasteiger partial charge in [0.05, 0.1) is 61.2 Å². The summed E-state index contributed by atoms with van der Waals surface area (Å²) in [4.78, 5) is 130. The predicted molar refractivity (Wildman–Crippen MR) is 440 cm³/mol. The number of alkyl halides is 1. The lowest BCUT2D eigenvalue weighted by Gasteiger charge is -2.29. The Kier molecular flexibility index (Phi) is 31.5. The number of halogens is 1. The maximum absolute atomic E-state index is 13.1. The molecule has 4 aliphatic rings. The van der Waals surface area contributed by atoms with Gasteiger partial charge in [-0.15, -0.1) is 0 Å². The van der Waals surface area contributed by atoms with Crippen LogP contribution in [0, 0.1) is 0 Å². The molecule has 8 heterocycles. The van der Waals surface area contributed by atoms with Crippen molar-refractivity contribution in [3.8, 4) is 45.3 Å². The molecule has 7 amide bonds. The molecule has 0 radical (unpaired) electrons. The van der Waals surface area contributed by atoms with Gasteiger partial charge in [0.1, 0.15) is 46.1 Å². The first kappa shape index (κ1) is 86.4. The number of methoxy groups -OCH3 is 4. The fourth-order valence-corrected chi connectivity index (χ4v) is 15.9. The number of benzene rings is 4. The van der Waals surface area contributed by atoms with Crippen LogP contribution in [0.2, 0.25) is 0 Å². The quantitative estimate of drug-likeness (QED) is 0.0182. The Morgan fingerprint density at radius 3 is 1.29 bits per heavy atom. The van der Waals surface area contributed by atoms with Crippen LogP contribution in [-0.2, 0) is 96.0 Å². The minimum Gasteiger partial charge on any atom is -0.496 e. The van der Waals surface area contributed by atoms with Crippen molar-refractivity contribution in [2.45, 2.75) is 167 Å². The zero-order chi connectivity index (χ0) is 83.9. The number of likely N-dealkylation sites (N-methyl/N-ethyl adjacent to an activating group) is 2. The molecular formula is C87H113FN12O15. The molecule has 0 bridgehead atoms. The number of nitrogens with two attached hydrogens (primary N) is 1. The highest BCUT2D eigenvalue weighted by Crippen LogP contribution is 2.41. The standard InChI is InChI=1S/C43H54N6O7.C22H31N3O3.C21H25N3O5.CH3F/c1-46(24-34-36(55-4)22-29(23-37(34)56-5)32-25-48(3)43(54)40-30(32)19-21-47(40)2)27-39(51)44-20-12-10-8-6-7-9-11-14-28-15-13-16-31-33(28)26-49(42(31)53)35-17-18-38(50)45-41(35)52;23-14-7-5-3-1-2-4-6-9-16-10-8-11-17-18(16)15-25(22(17)28)19-12-13-20(26)24-21(19)27;1-22(12-19(25)26)10-16-17(28-4)8-13(9-18(16)29-5)15-11-24(3)21(27)20-14(15)6-7-23(20)2;1-2/h13,15-16,19,21-23,25,35H,6-12,14,17-18,20,24,26-27H2,1-5H3,(H,44,51)(H,45,50,52);8,10-11,19H,1-7,9,12-15,23H2,(H,24,26,27);6-9,11H,10,12H2,1-5H3,(H,25,26);1H3/i;;;1D. The van der Waals surface area contributed by atoms with Crippen molar-refractivity contribution in [3.63, 3.8) is 0 Å². The van der Waals surface area contributed by atoms with Gasteiger partial charge in [0.25, 0.3) is 22.9 Å². The highest BCUT2D eigenvalue weighted by atomic mass is 19.1. The molecule has 28 heteroatoms. The molecule has 0 saturated carbocycles. The minimum absolute atomic E-state index is 0.0342. The molecule has 12 rings (SSSR count). The summed E-state index contributed by atoms with van der Waals surface area (Å²) >= 11 is 0. The number of unbranched alkanes of at least 4 members (excludes halogenated alkanes) is 12. The molecule has 0 aliphatic carbocycles. The summed E-state index contributed by atoms with van der Waals surface area (Å²) in [6.45, 7) is 3.23. The number of carbonyl (C=O) groups is 8. The third-order valence-corrected chi connectivity index (χ3v) is 21.9. The van der Waals surface area contributed by atoms with Gasteiger partial charge >= 0.3 is 5.97 Å². The van der Waals surface area contributed by atoms with E-state index in [9.17, 15) is 52.3 Å². The van der Waals surface area contributed by atoms with E-state index in [2.05, 4.69) is 28.1 Å². The van der Waals surface area contributed by atoms with Crippen LogP contribution in [0.3, 0.4) is 0 Å². The van der Waals surface area contributed by atoms with Crippen LogP contribution in [0.4, 0.5) is 4.39 Å². The van der Waals surface area contributed by atoms with E-state index in [0.29, 0.717) is 90.7 Å². The van der Waals surface area contributed by atoms with Crippen molar-refractivity contribution in [2.24, 2.45) is 33.9 Å². The molecule has 115 heavy (non-hydrogen) atoms. The van der Waals surface area contributed by atoms with E-state index in [1.54, 1.807) is 79.6 Å². The van der Waals surface area contributed by atoms with Crippen LogP contribution in [0.15, 0.2) is 107 Å². The molecule has 0 spiro atoms. The van der Waals surface area contributed by atoms with Gasteiger partial charge in [-0.25, -0.2) is 0 Å². The van der Waals surface area contributed by atoms with Crippen LogP contribution >= 0.6 is 0 Å². The first-order valence-electron chi connectivity index (χ1n) is 40.2. The summed E-state index contributed by atoms with van der Waals surface area (Å²) in [5, 5.41) is 18.5. The van der Waals surface area contributed by atoms with Crippen LogP contribution in [0.25, 0.3) is 44.1 Å². The van der Waals surface area contributed by atoms with Crippen molar-refractivity contribution in [1.29, 1.82) is 0 Å². The molecule has 4 aromatic carbocycles. The summed E-state index contributed by atoms with van der Waals surface area (Å²) in [6.07, 6.45) is 26.4. The largest absolute Gasteiger partial charge is 0.496 e. The SMILES string of the molecule is COc1cc(-c2cn(C)c(=O)c3c2ccn3C)cc(OC)c1CN(C)CC(=O)NCCCCCCCCCc1cccc2c1CN(C1CCC(=O)NC1=O)C2=O.COc1cc(-c2cn(C)c(=O)c3c2ccn3C)cc(OC)c1CN(C)CC(=O)O.NCCCCCCCCCc1cccc2c1CN(C1CCC(=O)NC1=O)C2=O.[2H]CF. The molecule has 27 nitrogen and oxygen atoms in total. The number of carboxylic acid groups (broad SMARTS) is 1. The summed E-state index contributed by atoms with van der Waals surface area (Å²) < 4.78 is 45.1. The van der Waals surface area contributed by atoms with Gasteiger partial charge in [0, 0.05) is 132 Å². The molecular weight excluding hydrogens is 1470 g/mol. The number of aromatic nitrogens is 4. The average Bonchev–Trinajstić information content (AvgIpc) is 1.54. The zero-order valence-electron chi connectivity index (χ0n) is 69.1. The van der Waals surface area contributed by atoms with E-state index in [1.807, 2.05) is 114 Å². The van der Waals surface area contributed by atoms with Crippen molar-refractivity contribution in [3.05, 3.63) is 163 Å². The number of amides is 7. The van der Waals surface area contributed by atoms with Crippen LogP contribution < -0.4 is 51.8 Å². The third-order valence-electron chi connectivity index (χ3n) is 21.9. The lowest BCUT2D eigenvalue weighted by Crippen LogP contribution is -2.52. The van der Waals surface area contributed by atoms with E-state index in [-0.39, 0.29) is 78.4 Å². The second kappa shape index (κ2) is 41.9. The highest BCUT2D eigenvalue weighted by molar-refractivity contribution is 6.07. The third kappa shape index (κ3) is 21.7.